The van der Waals surface area contributed by atoms with Crippen LogP contribution in [0.15, 0.2) is 33.6 Å². The topological polar surface area (TPSA) is 68.0 Å². The Hall–Kier alpha value is -1.40. The molecule has 0 saturated carbocycles. The number of pyridine rings is 1. The lowest BCUT2D eigenvalue weighted by molar-refractivity contribution is 0.0954. The van der Waals surface area contributed by atoms with Crippen LogP contribution in [0.3, 0.4) is 0 Å². The summed E-state index contributed by atoms with van der Waals surface area (Å²) in [6, 6.07) is 3.72. The molecule has 18 heavy (non-hydrogen) atoms. The number of nitrogens with zero attached hydrogens (tertiary/aromatic N) is 1. The second-order valence-corrected chi connectivity index (χ2v) is 5.42. The number of carbonyl (C=O) groups is 1. The smallest absolute Gasteiger partial charge is 0.255 e. The van der Waals surface area contributed by atoms with Gasteiger partial charge in [0.2, 0.25) is 0 Å². The molecule has 0 atom stereocenters. The maximum absolute atomic E-state index is 11.9. The number of aromatic nitrogens is 1. The third kappa shape index (κ3) is 3.30. The number of carbonyl (C=O) groups excluding carboxylic acids is 1. The van der Waals surface area contributed by atoms with Crippen LogP contribution < -0.4 is 11.1 Å². The van der Waals surface area contributed by atoms with Gasteiger partial charge in [-0.25, -0.2) is 4.98 Å². The van der Waals surface area contributed by atoms with E-state index in [2.05, 4.69) is 31.6 Å². The fourth-order valence-corrected chi connectivity index (χ4v) is 2.52. The van der Waals surface area contributed by atoms with Gasteiger partial charge in [-0.05, 0) is 50.8 Å². The van der Waals surface area contributed by atoms with Crippen molar-refractivity contribution in [2.24, 2.45) is 0 Å². The summed E-state index contributed by atoms with van der Waals surface area (Å²) < 4.78 is 0.736. The Morgan fingerprint density at radius 2 is 2.39 bits per heavy atom. The molecule has 0 radical (unpaired) electrons. The number of nitrogens with one attached hydrogen (secondary N) is 1. The molecule has 2 rings (SSSR count). The zero-order valence-electron chi connectivity index (χ0n) is 9.52. The molecule has 4 nitrogen and oxygen atoms in total. The predicted octanol–water partition coefficient (Wildman–Crippen LogP) is 2.46. The van der Waals surface area contributed by atoms with Gasteiger partial charge in [0.05, 0.1) is 5.56 Å². The molecule has 0 aliphatic heterocycles. The van der Waals surface area contributed by atoms with E-state index in [9.17, 15) is 4.79 Å². The third-order valence-corrected chi connectivity index (χ3v) is 3.57. The van der Waals surface area contributed by atoms with Crippen molar-refractivity contribution in [1.29, 1.82) is 0 Å². The van der Waals surface area contributed by atoms with Crippen LogP contribution in [-0.2, 0) is 6.42 Å². The van der Waals surface area contributed by atoms with Crippen molar-refractivity contribution >= 4 is 39.0 Å². The zero-order chi connectivity index (χ0) is 13.0. The number of halogens is 1. The number of amides is 1. The molecule has 6 heteroatoms. The van der Waals surface area contributed by atoms with Crippen LogP contribution in [0.1, 0.15) is 15.9 Å². The van der Waals surface area contributed by atoms with Crippen molar-refractivity contribution in [3.05, 3.63) is 44.7 Å². The molecule has 2 heterocycles. The molecule has 0 bridgehead atoms. The fraction of sp³-hybridized carbons (Fsp3) is 0.167. The van der Waals surface area contributed by atoms with Crippen LogP contribution >= 0.6 is 27.3 Å². The number of hydrogen-bond donors (Lipinski definition) is 2. The van der Waals surface area contributed by atoms with Crippen molar-refractivity contribution in [2.75, 3.05) is 12.3 Å². The molecule has 94 valence electrons. The number of thiophene rings is 1. The Labute approximate surface area is 117 Å². The van der Waals surface area contributed by atoms with Gasteiger partial charge in [-0.15, -0.1) is 0 Å². The summed E-state index contributed by atoms with van der Waals surface area (Å²) in [6.07, 6.45) is 2.38. The van der Waals surface area contributed by atoms with Gasteiger partial charge in [-0.1, -0.05) is 0 Å². The minimum Gasteiger partial charge on any atom is -0.383 e. The Morgan fingerprint density at radius 1 is 1.56 bits per heavy atom. The number of anilines is 1. The second kappa shape index (κ2) is 5.97. The van der Waals surface area contributed by atoms with Gasteiger partial charge < -0.3 is 11.1 Å². The first-order valence-electron chi connectivity index (χ1n) is 5.37. The van der Waals surface area contributed by atoms with Gasteiger partial charge in [0.15, 0.2) is 0 Å². The molecule has 0 spiro atoms. The zero-order valence-corrected chi connectivity index (χ0v) is 11.9. The Kier molecular flexibility index (Phi) is 4.33. The summed E-state index contributed by atoms with van der Waals surface area (Å²) in [5.74, 6) is 0.0442. The summed E-state index contributed by atoms with van der Waals surface area (Å²) in [6.45, 7) is 0.585. The van der Waals surface area contributed by atoms with E-state index in [0.717, 1.165) is 10.9 Å². The van der Waals surface area contributed by atoms with E-state index in [0.29, 0.717) is 12.1 Å². The van der Waals surface area contributed by atoms with E-state index in [1.54, 1.807) is 23.6 Å². The number of hydrogen-bond acceptors (Lipinski definition) is 4. The fourth-order valence-electron chi connectivity index (χ4n) is 1.48. The molecule has 0 fully saturated rings. The van der Waals surface area contributed by atoms with Crippen molar-refractivity contribution in [3.8, 4) is 0 Å². The van der Waals surface area contributed by atoms with Gasteiger partial charge in [0.1, 0.15) is 5.82 Å². The molecular formula is C12H12BrN3OS. The lowest BCUT2D eigenvalue weighted by atomic mass is 10.2. The lowest BCUT2D eigenvalue weighted by Gasteiger charge is -2.06. The number of rotatable bonds is 4. The maximum atomic E-state index is 11.9. The molecule has 0 unspecified atom stereocenters. The second-order valence-electron chi connectivity index (χ2n) is 3.72. The van der Waals surface area contributed by atoms with Gasteiger partial charge >= 0.3 is 0 Å². The van der Waals surface area contributed by atoms with Gasteiger partial charge in [-0.2, -0.15) is 11.3 Å². The predicted molar refractivity (Wildman–Crippen MR) is 76.7 cm³/mol. The van der Waals surface area contributed by atoms with Crippen molar-refractivity contribution in [1.82, 2.24) is 10.3 Å². The minimum atomic E-state index is -0.198. The van der Waals surface area contributed by atoms with E-state index in [-0.39, 0.29) is 11.7 Å². The van der Waals surface area contributed by atoms with Gasteiger partial charge in [0, 0.05) is 17.2 Å². The summed E-state index contributed by atoms with van der Waals surface area (Å²) >= 11 is 4.92. The monoisotopic (exact) mass is 325 g/mol. The van der Waals surface area contributed by atoms with Crippen LogP contribution in [0.2, 0.25) is 0 Å². The molecule has 0 aliphatic rings. The third-order valence-electron chi connectivity index (χ3n) is 2.41. The molecule has 0 aromatic carbocycles. The molecule has 3 N–H and O–H groups in total. The van der Waals surface area contributed by atoms with Gasteiger partial charge in [0.25, 0.3) is 5.91 Å². The highest BCUT2D eigenvalue weighted by atomic mass is 79.9. The minimum absolute atomic E-state index is 0.198. The first kappa shape index (κ1) is 13.0. The Balaban J connectivity index is 1.93. The van der Waals surface area contributed by atoms with Crippen molar-refractivity contribution < 1.29 is 4.79 Å². The first-order valence-corrected chi connectivity index (χ1v) is 7.10. The van der Waals surface area contributed by atoms with Crippen LogP contribution in [0, 0.1) is 0 Å². The molecule has 2 aromatic heterocycles. The standard InChI is InChI=1S/C12H12BrN3OS/c13-9-5-10(11(14)16-6-9)12(17)15-3-1-8-2-4-18-7-8/h2,4-7H,1,3H2,(H2,14,16)(H,15,17). The quantitative estimate of drug-likeness (QED) is 0.907. The van der Waals surface area contributed by atoms with Crippen LogP contribution in [0.4, 0.5) is 5.82 Å². The molecule has 0 aliphatic carbocycles. The molecule has 2 aromatic rings. The Bertz CT molecular complexity index is 542. The summed E-state index contributed by atoms with van der Waals surface area (Å²) in [5, 5.41) is 6.92. The highest BCUT2D eigenvalue weighted by molar-refractivity contribution is 9.10. The highest BCUT2D eigenvalue weighted by Gasteiger charge is 2.10. The van der Waals surface area contributed by atoms with Crippen molar-refractivity contribution in [2.45, 2.75) is 6.42 Å². The van der Waals surface area contributed by atoms with Crippen LogP contribution in [0.25, 0.3) is 0 Å². The summed E-state index contributed by atoms with van der Waals surface area (Å²) in [4.78, 5) is 15.8. The highest BCUT2D eigenvalue weighted by Crippen LogP contribution is 2.15. The van der Waals surface area contributed by atoms with E-state index in [4.69, 9.17) is 5.73 Å². The summed E-state index contributed by atoms with van der Waals surface area (Å²) in [5.41, 5.74) is 7.29. The SMILES string of the molecule is Nc1ncc(Br)cc1C(=O)NCCc1ccsc1. The maximum Gasteiger partial charge on any atom is 0.255 e. The van der Waals surface area contributed by atoms with E-state index < -0.39 is 0 Å². The largest absolute Gasteiger partial charge is 0.383 e. The number of nitrogens with two attached hydrogens (primary N) is 1. The van der Waals surface area contributed by atoms with Gasteiger partial charge in [-0.3, -0.25) is 4.79 Å². The average Bonchev–Trinajstić information content (AvgIpc) is 2.85. The van der Waals surface area contributed by atoms with Crippen LogP contribution in [-0.4, -0.2) is 17.4 Å². The molecule has 1 amide bonds. The van der Waals surface area contributed by atoms with E-state index >= 15 is 0 Å². The molecule has 0 saturated heterocycles. The van der Waals surface area contributed by atoms with Crippen molar-refractivity contribution in [3.63, 3.8) is 0 Å². The Morgan fingerprint density at radius 3 is 3.11 bits per heavy atom. The van der Waals surface area contributed by atoms with E-state index in [1.165, 1.54) is 5.56 Å². The lowest BCUT2D eigenvalue weighted by Crippen LogP contribution is -2.26. The number of nitrogen functional groups attached to an aromatic ring is 1. The normalized spacial score (nSPS) is 10.3. The van der Waals surface area contributed by atoms with E-state index in [1.807, 2.05) is 11.4 Å². The summed E-state index contributed by atoms with van der Waals surface area (Å²) in [7, 11) is 0. The molecular weight excluding hydrogens is 314 g/mol. The first-order chi connectivity index (χ1) is 8.66. The van der Waals surface area contributed by atoms with Crippen LogP contribution in [0.5, 0.6) is 0 Å². The average molecular weight is 326 g/mol.